The summed E-state index contributed by atoms with van der Waals surface area (Å²) in [6, 6.07) is 17.5. The first-order valence-corrected chi connectivity index (χ1v) is 13.8. The molecule has 0 unspecified atom stereocenters. The number of nitrogens with zero attached hydrogens (tertiary/aromatic N) is 5. The number of amides is 3. The van der Waals surface area contributed by atoms with E-state index in [1.165, 1.54) is 30.5 Å². The van der Waals surface area contributed by atoms with Crippen molar-refractivity contribution in [1.29, 1.82) is 0 Å². The van der Waals surface area contributed by atoms with Gasteiger partial charge in [0.05, 0.1) is 17.6 Å². The molecule has 3 amide bonds. The topological polar surface area (TPSA) is 109 Å². The summed E-state index contributed by atoms with van der Waals surface area (Å²) in [7, 11) is 1.64. The predicted octanol–water partition coefficient (Wildman–Crippen LogP) is 5.74. The fourth-order valence-electron chi connectivity index (χ4n) is 4.38. The molecule has 45 heavy (non-hydrogen) atoms. The van der Waals surface area contributed by atoms with Crippen LogP contribution < -0.4 is 15.0 Å². The van der Waals surface area contributed by atoms with E-state index in [1.54, 1.807) is 47.9 Å². The molecule has 0 spiro atoms. The summed E-state index contributed by atoms with van der Waals surface area (Å²) in [4.78, 5) is 45.3. The average Bonchev–Trinajstić information content (AvgIpc) is 3.51. The van der Waals surface area contributed by atoms with E-state index < -0.39 is 29.0 Å². The fourth-order valence-corrected chi connectivity index (χ4v) is 4.38. The van der Waals surface area contributed by atoms with Gasteiger partial charge in [0.15, 0.2) is 17.3 Å². The number of carbonyl (C=O) groups is 3. The van der Waals surface area contributed by atoms with Crippen molar-refractivity contribution in [2.75, 3.05) is 23.8 Å². The van der Waals surface area contributed by atoms with E-state index in [9.17, 15) is 18.8 Å². The van der Waals surface area contributed by atoms with Gasteiger partial charge in [-0.2, -0.15) is 5.10 Å². The highest BCUT2D eigenvalue weighted by atomic mass is 19.1. The van der Waals surface area contributed by atoms with Crippen molar-refractivity contribution >= 4 is 35.1 Å². The summed E-state index contributed by atoms with van der Waals surface area (Å²) in [6.07, 6.45) is 4.90. The average molecular weight is 611 g/mol. The fraction of sp³-hybridized carbons (Fsp3) is 0.121. The number of anilines is 2. The van der Waals surface area contributed by atoms with Crippen molar-refractivity contribution < 1.29 is 27.9 Å². The van der Waals surface area contributed by atoms with Crippen molar-refractivity contribution in [3.63, 3.8) is 0 Å². The van der Waals surface area contributed by atoms with Gasteiger partial charge in [-0.3, -0.25) is 19.4 Å². The number of nitrogens with one attached hydrogen (secondary N) is 1. The molecule has 5 aromatic rings. The number of hydrogen-bond acceptors (Lipinski definition) is 7. The standard InChI is InChI=1S/C33H28F2N6O4/c1-4-39(3)19-26(33(44)40(20-42)25-11-8-23(34)9-12-25)32(43)38-24-10-13-30(27(35)17-24)45-31-16-22(18-41-29(31)14-15-36-41)28-7-5-6-21(2)37-28/h5-20H,4H2,1-3H3,(H,38,43)/b26-19-. The molecule has 3 heterocycles. The van der Waals surface area contributed by atoms with Crippen LogP contribution in [0.2, 0.25) is 0 Å². The second-order valence-corrected chi connectivity index (χ2v) is 9.99. The Hall–Kier alpha value is -5.91. The molecule has 1 N–H and O–H groups in total. The Kier molecular flexibility index (Phi) is 8.94. The first kappa shape index (κ1) is 30.5. The lowest BCUT2D eigenvalue weighted by Gasteiger charge is -2.20. The number of hydrogen-bond donors (Lipinski definition) is 1. The van der Waals surface area contributed by atoms with E-state index in [1.807, 2.05) is 25.1 Å². The molecular formula is C33H28F2N6O4. The molecule has 0 saturated heterocycles. The van der Waals surface area contributed by atoms with Gasteiger partial charge in [0.1, 0.15) is 16.9 Å². The number of aryl methyl sites for hydroxylation is 1. The quantitative estimate of drug-likeness (QED) is 0.0930. The van der Waals surface area contributed by atoms with Crippen LogP contribution in [-0.4, -0.2) is 51.3 Å². The molecule has 5 rings (SSSR count). The number of ether oxygens (including phenoxy) is 1. The molecule has 0 aliphatic carbocycles. The molecule has 12 heteroatoms. The maximum Gasteiger partial charge on any atom is 0.271 e. The number of pyridine rings is 2. The number of benzene rings is 2. The largest absolute Gasteiger partial charge is 0.452 e. The number of carbonyl (C=O) groups excluding carboxylic acids is 3. The number of halogens is 2. The second-order valence-electron chi connectivity index (χ2n) is 9.99. The molecule has 0 atom stereocenters. The van der Waals surface area contributed by atoms with E-state index in [0.29, 0.717) is 34.0 Å². The summed E-state index contributed by atoms with van der Waals surface area (Å²) in [5.41, 5.74) is 2.52. The van der Waals surface area contributed by atoms with Gasteiger partial charge in [0.25, 0.3) is 11.8 Å². The van der Waals surface area contributed by atoms with Crippen molar-refractivity contribution in [1.82, 2.24) is 19.5 Å². The van der Waals surface area contributed by atoms with E-state index in [2.05, 4.69) is 15.4 Å². The summed E-state index contributed by atoms with van der Waals surface area (Å²) in [6.45, 7) is 4.12. The van der Waals surface area contributed by atoms with Crippen LogP contribution in [0.15, 0.2) is 97.0 Å². The first-order valence-electron chi connectivity index (χ1n) is 13.8. The van der Waals surface area contributed by atoms with Gasteiger partial charge in [0, 0.05) is 49.0 Å². The van der Waals surface area contributed by atoms with Crippen LogP contribution in [0, 0.1) is 18.6 Å². The third-order valence-corrected chi connectivity index (χ3v) is 6.82. The highest BCUT2D eigenvalue weighted by Gasteiger charge is 2.26. The highest BCUT2D eigenvalue weighted by Crippen LogP contribution is 2.33. The Morgan fingerprint density at radius 1 is 1.02 bits per heavy atom. The van der Waals surface area contributed by atoms with E-state index in [-0.39, 0.29) is 23.5 Å². The molecule has 0 bridgehead atoms. The van der Waals surface area contributed by atoms with Crippen molar-refractivity contribution in [2.24, 2.45) is 0 Å². The summed E-state index contributed by atoms with van der Waals surface area (Å²) in [5.74, 6) is -2.97. The Labute approximate surface area is 257 Å². The minimum atomic E-state index is -0.956. The van der Waals surface area contributed by atoms with Crippen LogP contribution in [0.1, 0.15) is 12.6 Å². The zero-order valence-electron chi connectivity index (χ0n) is 24.6. The molecule has 10 nitrogen and oxygen atoms in total. The lowest BCUT2D eigenvalue weighted by molar-refractivity contribution is -0.121. The highest BCUT2D eigenvalue weighted by molar-refractivity contribution is 6.30. The molecule has 0 fully saturated rings. The molecule has 2 aromatic carbocycles. The Bertz CT molecular complexity index is 1920. The van der Waals surface area contributed by atoms with Crippen LogP contribution >= 0.6 is 0 Å². The zero-order valence-corrected chi connectivity index (χ0v) is 24.6. The number of rotatable bonds is 10. The number of fused-ring (bicyclic) bond motifs is 1. The minimum absolute atomic E-state index is 0.0364. The van der Waals surface area contributed by atoms with Crippen LogP contribution in [0.4, 0.5) is 20.2 Å². The molecule has 0 saturated carbocycles. The summed E-state index contributed by atoms with van der Waals surface area (Å²) < 4.78 is 36.4. The molecule has 3 aromatic heterocycles. The van der Waals surface area contributed by atoms with Gasteiger partial charge in [-0.05, 0) is 74.5 Å². The van der Waals surface area contributed by atoms with Gasteiger partial charge in [-0.15, -0.1) is 0 Å². The summed E-state index contributed by atoms with van der Waals surface area (Å²) in [5, 5.41) is 6.80. The van der Waals surface area contributed by atoms with Crippen molar-refractivity contribution in [2.45, 2.75) is 13.8 Å². The van der Waals surface area contributed by atoms with E-state index in [0.717, 1.165) is 23.9 Å². The molecular weight excluding hydrogens is 582 g/mol. The minimum Gasteiger partial charge on any atom is -0.452 e. The normalized spacial score (nSPS) is 11.3. The lowest BCUT2D eigenvalue weighted by Crippen LogP contribution is -2.36. The smallest absolute Gasteiger partial charge is 0.271 e. The third kappa shape index (κ3) is 6.85. The summed E-state index contributed by atoms with van der Waals surface area (Å²) >= 11 is 0. The van der Waals surface area contributed by atoms with Crippen LogP contribution in [0.5, 0.6) is 11.5 Å². The Morgan fingerprint density at radius 2 is 1.80 bits per heavy atom. The zero-order chi connectivity index (χ0) is 32.1. The lowest BCUT2D eigenvalue weighted by atomic mass is 10.1. The first-order chi connectivity index (χ1) is 21.7. The predicted molar refractivity (Wildman–Crippen MR) is 165 cm³/mol. The third-order valence-electron chi connectivity index (χ3n) is 6.82. The van der Waals surface area contributed by atoms with Gasteiger partial charge < -0.3 is 15.0 Å². The van der Waals surface area contributed by atoms with Crippen molar-refractivity contribution in [3.05, 3.63) is 114 Å². The molecule has 0 aliphatic heterocycles. The van der Waals surface area contributed by atoms with Crippen LogP contribution in [0.3, 0.4) is 0 Å². The number of aromatic nitrogens is 3. The maximum atomic E-state index is 15.4. The van der Waals surface area contributed by atoms with Gasteiger partial charge in [0.2, 0.25) is 6.41 Å². The van der Waals surface area contributed by atoms with Gasteiger partial charge >= 0.3 is 0 Å². The van der Waals surface area contributed by atoms with Gasteiger partial charge in [-0.1, -0.05) is 6.07 Å². The monoisotopic (exact) mass is 610 g/mol. The maximum absolute atomic E-state index is 15.4. The number of imide groups is 1. The van der Waals surface area contributed by atoms with Gasteiger partial charge in [-0.25, -0.2) is 18.2 Å². The van der Waals surface area contributed by atoms with Crippen LogP contribution in [-0.2, 0) is 14.4 Å². The molecule has 0 radical (unpaired) electrons. The Morgan fingerprint density at radius 3 is 2.49 bits per heavy atom. The molecule has 0 aliphatic rings. The van der Waals surface area contributed by atoms with Crippen LogP contribution in [0.25, 0.3) is 16.8 Å². The van der Waals surface area contributed by atoms with E-state index >= 15 is 4.39 Å². The van der Waals surface area contributed by atoms with Crippen molar-refractivity contribution in [3.8, 4) is 22.8 Å². The SMILES string of the molecule is CCN(C)/C=C(/C(=O)Nc1ccc(Oc2cc(-c3cccc(C)n3)cn3nccc23)c(F)c1)C(=O)N(C=O)c1ccc(F)cc1. The Balaban J connectivity index is 1.40. The second kappa shape index (κ2) is 13.2. The van der Waals surface area contributed by atoms with E-state index in [4.69, 9.17) is 4.74 Å². The molecule has 228 valence electrons.